The molecule has 0 radical (unpaired) electrons. The Balaban J connectivity index is 0.00000192. The maximum Gasteiger partial charge on any atom is 0.216 e. The third-order valence-corrected chi connectivity index (χ3v) is 4.53. The standard InChI is InChI=1S/C17H24N4O.ClH/c1-12-14(17(22-3)20(2)19-12)9-21-10-15(16(18)11-21)13-7-5-4-6-8-13;/h4-8,15-16H,9-11,18H2,1-3H3;1H/t15-,16+;/m0./s1. The summed E-state index contributed by atoms with van der Waals surface area (Å²) in [6.07, 6.45) is 0. The number of nitrogens with zero attached hydrogens (tertiary/aromatic N) is 3. The number of nitrogens with two attached hydrogens (primary N) is 1. The summed E-state index contributed by atoms with van der Waals surface area (Å²) in [5.74, 6) is 1.23. The molecule has 0 spiro atoms. The Kier molecular flexibility index (Phi) is 5.68. The normalized spacial score (nSPS) is 21.2. The predicted octanol–water partition coefficient (Wildman–Crippen LogP) is 2.09. The molecule has 0 amide bonds. The third kappa shape index (κ3) is 3.52. The van der Waals surface area contributed by atoms with Crippen LogP contribution in [0.25, 0.3) is 0 Å². The summed E-state index contributed by atoms with van der Waals surface area (Å²) in [7, 11) is 3.61. The quantitative estimate of drug-likeness (QED) is 0.928. The molecule has 2 aromatic rings. The van der Waals surface area contributed by atoms with Crippen LogP contribution in [0.5, 0.6) is 5.88 Å². The molecule has 3 rings (SSSR count). The van der Waals surface area contributed by atoms with Crippen LogP contribution in [-0.4, -0.2) is 40.9 Å². The average molecular weight is 337 g/mol. The number of hydrogen-bond donors (Lipinski definition) is 1. The number of methoxy groups -OCH3 is 1. The maximum absolute atomic E-state index is 6.38. The van der Waals surface area contributed by atoms with Crippen molar-refractivity contribution in [3.05, 3.63) is 47.2 Å². The Morgan fingerprint density at radius 3 is 2.61 bits per heavy atom. The first-order valence-corrected chi connectivity index (χ1v) is 7.69. The van der Waals surface area contributed by atoms with Gasteiger partial charge < -0.3 is 10.5 Å². The number of rotatable bonds is 4. The summed E-state index contributed by atoms with van der Waals surface area (Å²) in [6, 6.07) is 10.7. The fourth-order valence-electron chi connectivity index (χ4n) is 3.44. The molecule has 1 aromatic carbocycles. The molecular formula is C17H25ClN4O. The van der Waals surface area contributed by atoms with Gasteiger partial charge in [-0.1, -0.05) is 30.3 Å². The Hall–Kier alpha value is -1.56. The monoisotopic (exact) mass is 336 g/mol. The fourth-order valence-corrected chi connectivity index (χ4v) is 3.44. The highest BCUT2D eigenvalue weighted by molar-refractivity contribution is 5.85. The van der Waals surface area contributed by atoms with Gasteiger partial charge in [-0.3, -0.25) is 4.90 Å². The number of likely N-dealkylation sites (tertiary alicyclic amines) is 1. The Bertz CT molecular complexity index is 644. The zero-order valence-corrected chi connectivity index (χ0v) is 14.7. The van der Waals surface area contributed by atoms with Crippen molar-refractivity contribution in [1.82, 2.24) is 14.7 Å². The topological polar surface area (TPSA) is 56.3 Å². The first-order valence-electron chi connectivity index (χ1n) is 7.69. The molecule has 1 aliphatic heterocycles. The van der Waals surface area contributed by atoms with E-state index in [2.05, 4.69) is 34.3 Å². The van der Waals surface area contributed by atoms with Gasteiger partial charge in [-0.05, 0) is 12.5 Å². The van der Waals surface area contributed by atoms with E-state index in [9.17, 15) is 0 Å². The first kappa shape index (κ1) is 17.8. The van der Waals surface area contributed by atoms with Gasteiger partial charge >= 0.3 is 0 Å². The fraction of sp³-hybridized carbons (Fsp3) is 0.471. The van der Waals surface area contributed by atoms with Crippen molar-refractivity contribution in [1.29, 1.82) is 0 Å². The van der Waals surface area contributed by atoms with Gasteiger partial charge in [0.05, 0.1) is 18.4 Å². The van der Waals surface area contributed by atoms with Gasteiger partial charge in [-0.25, -0.2) is 4.68 Å². The zero-order chi connectivity index (χ0) is 15.7. The maximum atomic E-state index is 6.38. The Labute approximate surface area is 143 Å². The zero-order valence-electron chi connectivity index (χ0n) is 13.9. The number of ether oxygens (including phenoxy) is 1. The number of benzene rings is 1. The molecule has 6 heteroatoms. The minimum absolute atomic E-state index is 0. The van der Waals surface area contributed by atoms with E-state index in [0.717, 1.165) is 36.8 Å². The van der Waals surface area contributed by atoms with Gasteiger partial charge in [0.15, 0.2) is 0 Å². The van der Waals surface area contributed by atoms with Crippen LogP contribution in [-0.2, 0) is 13.6 Å². The highest BCUT2D eigenvalue weighted by atomic mass is 35.5. The molecule has 5 nitrogen and oxygen atoms in total. The molecule has 126 valence electrons. The molecule has 1 fully saturated rings. The van der Waals surface area contributed by atoms with E-state index >= 15 is 0 Å². The minimum Gasteiger partial charge on any atom is -0.481 e. The van der Waals surface area contributed by atoms with Crippen LogP contribution in [0.3, 0.4) is 0 Å². The van der Waals surface area contributed by atoms with Crippen molar-refractivity contribution in [3.8, 4) is 5.88 Å². The van der Waals surface area contributed by atoms with Crippen LogP contribution < -0.4 is 10.5 Å². The van der Waals surface area contributed by atoms with Crippen LogP contribution in [0.1, 0.15) is 22.7 Å². The second-order valence-electron chi connectivity index (χ2n) is 6.07. The van der Waals surface area contributed by atoms with Crippen LogP contribution in [0.2, 0.25) is 0 Å². The molecular weight excluding hydrogens is 312 g/mol. The predicted molar refractivity (Wildman–Crippen MR) is 94.2 cm³/mol. The lowest BCUT2D eigenvalue weighted by Gasteiger charge is -2.16. The van der Waals surface area contributed by atoms with E-state index in [0.29, 0.717) is 5.92 Å². The second kappa shape index (κ2) is 7.34. The van der Waals surface area contributed by atoms with Crippen molar-refractivity contribution in [2.75, 3.05) is 20.2 Å². The number of aromatic nitrogens is 2. The van der Waals surface area contributed by atoms with Gasteiger partial charge in [-0.2, -0.15) is 5.10 Å². The molecule has 2 atom stereocenters. The average Bonchev–Trinajstić information content (AvgIpc) is 3.00. The summed E-state index contributed by atoms with van der Waals surface area (Å²) in [5.41, 5.74) is 9.88. The van der Waals surface area contributed by atoms with E-state index in [1.54, 1.807) is 11.8 Å². The lowest BCUT2D eigenvalue weighted by atomic mass is 9.95. The molecule has 1 saturated heterocycles. The van der Waals surface area contributed by atoms with E-state index in [4.69, 9.17) is 10.5 Å². The molecule has 2 N–H and O–H groups in total. The SMILES string of the molecule is COc1c(CN2C[C@@H](N)[C@H](c3ccccc3)C2)c(C)nn1C.Cl. The van der Waals surface area contributed by atoms with Gasteiger partial charge in [-0.15, -0.1) is 12.4 Å². The largest absolute Gasteiger partial charge is 0.481 e. The lowest BCUT2D eigenvalue weighted by molar-refractivity contribution is 0.309. The second-order valence-corrected chi connectivity index (χ2v) is 6.07. The van der Waals surface area contributed by atoms with E-state index < -0.39 is 0 Å². The molecule has 0 saturated carbocycles. The van der Waals surface area contributed by atoms with Crippen molar-refractivity contribution >= 4 is 12.4 Å². The van der Waals surface area contributed by atoms with Crippen LogP contribution >= 0.6 is 12.4 Å². The van der Waals surface area contributed by atoms with Gasteiger partial charge in [0.25, 0.3) is 0 Å². The molecule has 2 heterocycles. The molecule has 0 bridgehead atoms. The Morgan fingerprint density at radius 1 is 1.26 bits per heavy atom. The van der Waals surface area contributed by atoms with Crippen molar-refractivity contribution in [3.63, 3.8) is 0 Å². The van der Waals surface area contributed by atoms with Gasteiger partial charge in [0, 0.05) is 38.6 Å². The first-order chi connectivity index (χ1) is 10.6. The summed E-state index contributed by atoms with van der Waals surface area (Å²) >= 11 is 0. The summed E-state index contributed by atoms with van der Waals surface area (Å²) in [4.78, 5) is 2.40. The van der Waals surface area contributed by atoms with Crippen molar-refractivity contribution < 1.29 is 4.74 Å². The van der Waals surface area contributed by atoms with E-state index in [1.807, 2.05) is 20.0 Å². The smallest absolute Gasteiger partial charge is 0.216 e. The highest BCUT2D eigenvalue weighted by Crippen LogP contribution is 2.30. The van der Waals surface area contributed by atoms with Crippen LogP contribution in [0.4, 0.5) is 0 Å². The summed E-state index contributed by atoms with van der Waals surface area (Å²) < 4.78 is 7.29. The van der Waals surface area contributed by atoms with Crippen molar-refractivity contribution in [2.45, 2.75) is 25.4 Å². The number of halogens is 1. The van der Waals surface area contributed by atoms with Gasteiger partial charge in [0.2, 0.25) is 5.88 Å². The van der Waals surface area contributed by atoms with Crippen molar-refractivity contribution in [2.24, 2.45) is 12.8 Å². The minimum atomic E-state index is 0. The number of aryl methyl sites for hydroxylation is 2. The highest BCUT2D eigenvalue weighted by Gasteiger charge is 2.32. The van der Waals surface area contributed by atoms with E-state index in [1.165, 1.54) is 5.56 Å². The summed E-state index contributed by atoms with van der Waals surface area (Å²) in [6.45, 7) is 4.74. The molecule has 23 heavy (non-hydrogen) atoms. The molecule has 0 aliphatic carbocycles. The van der Waals surface area contributed by atoms with Crippen LogP contribution in [0, 0.1) is 6.92 Å². The lowest BCUT2D eigenvalue weighted by Crippen LogP contribution is -2.28. The molecule has 0 unspecified atom stereocenters. The van der Waals surface area contributed by atoms with Crippen LogP contribution in [0.15, 0.2) is 30.3 Å². The number of hydrogen-bond acceptors (Lipinski definition) is 4. The Morgan fingerprint density at radius 2 is 1.96 bits per heavy atom. The van der Waals surface area contributed by atoms with E-state index in [-0.39, 0.29) is 18.4 Å². The third-order valence-electron chi connectivity index (χ3n) is 4.53. The molecule has 1 aromatic heterocycles. The summed E-state index contributed by atoms with van der Waals surface area (Å²) in [5, 5.41) is 4.45. The molecule has 1 aliphatic rings. The van der Waals surface area contributed by atoms with Gasteiger partial charge in [0.1, 0.15) is 0 Å².